The third kappa shape index (κ3) is 10.9. The van der Waals surface area contributed by atoms with Crippen molar-refractivity contribution in [1.82, 2.24) is 0 Å². The minimum Gasteiger partial charge on any atom is -0.300 e. The molecule has 0 aromatic heterocycles. The molecule has 1 aromatic rings. The molecule has 1 aliphatic rings. The third-order valence-corrected chi connectivity index (χ3v) is 7.70. The smallest absolute Gasteiger partial charge is 0.158 e. The number of rotatable bonds is 15. The van der Waals surface area contributed by atoms with Crippen molar-refractivity contribution in [2.45, 2.75) is 104 Å². The number of benzene rings is 1. The van der Waals surface area contributed by atoms with E-state index in [1.54, 1.807) is 12.3 Å². The highest BCUT2D eigenvalue weighted by atomic mass is 16.1. The molecule has 0 heterocycles. The molecule has 3 unspecified atom stereocenters. The van der Waals surface area contributed by atoms with E-state index < -0.39 is 0 Å². The van der Waals surface area contributed by atoms with Crippen LogP contribution in [0.25, 0.3) is 0 Å². The van der Waals surface area contributed by atoms with Crippen molar-refractivity contribution >= 4 is 18.3 Å². The Morgan fingerprint density at radius 3 is 2.43 bits per heavy atom. The first-order valence-corrected chi connectivity index (χ1v) is 13.9. The summed E-state index contributed by atoms with van der Waals surface area (Å²) in [5.41, 5.74) is 3.56. The molecule has 0 N–H and O–H groups in total. The molecule has 3 nitrogen and oxygen atoms in total. The van der Waals surface area contributed by atoms with E-state index in [9.17, 15) is 9.59 Å². The lowest BCUT2D eigenvalue weighted by Gasteiger charge is -2.26. The van der Waals surface area contributed by atoms with Crippen molar-refractivity contribution in [3.8, 4) is 0 Å². The van der Waals surface area contributed by atoms with Gasteiger partial charge in [-0.1, -0.05) is 69.9 Å². The van der Waals surface area contributed by atoms with E-state index in [0.29, 0.717) is 30.5 Å². The molecule has 0 bridgehead atoms. The lowest BCUT2D eigenvalue weighted by molar-refractivity contribution is -0.119. The molecule has 0 saturated heterocycles. The zero-order chi connectivity index (χ0) is 25.5. The molecule has 3 atom stereocenters. The maximum atomic E-state index is 12.7. The quantitative estimate of drug-likeness (QED) is 0.110. The number of carbonyl (C=O) groups is 2. The Bertz CT molecular complexity index is 849. The summed E-state index contributed by atoms with van der Waals surface area (Å²) < 4.78 is 0. The molecule has 1 fully saturated rings. The van der Waals surface area contributed by atoms with Gasteiger partial charge in [0.2, 0.25) is 0 Å². The number of nitrogens with zero attached hydrogens (tertiary/aromatic N) is 1. The van der Waals surface area contributed by atoms with Gasteiger partial charge in [-0.15, -0.1) is 0 Å². The van der Waals surface area contributed by atoms with Gasteiger partial charge in [-0.05, 0) is 93.2 Å². The number of aryl methyl sites for hydroxylation is 2. The number of ketones is 2. The van der Waals surface area contributed by atoms with Crippen LogP contribution in [0.15, 0.2) is 53.2 Å². The first kappa shape index (κ1) is 28.9. The summed E-state index contributed by atoms with van der Waals surface area (Å²) >= 11 is 0. The van der Waals surface area contributed by atoms with E-state index in [0.717, 1.165) is 56.9 Å². The van der Waals surface area contributed by atoms with E-state index in [2.05, 4.69) is 49.8 Å². The summed E-state index contributed by atoms with van der Waals surface area (Å²) in [6.07, 6.45) is 18.6. The molecule has 35 heavy (non-hydrogen) atoms. The van der Waals surface area contributed by atoms with E-state index >= 15 is 0 Å². The van der Waals surface area contributed by atoms with Gasteiger partial charge in [0.25, 0.3) is 0 Å². The molecule has 0 spiro atoms. The Hall–Kier alpha value is -2.29. The van der Waals surface area contributed by atoms with E-state index in [4.69, 9.17) is 0 Å². The van der Waals surface area contributed by atoms with Gasteiger partial charge in [0.05, 0.1) is 0 Å². The fourth-order valence-corrected chi connectivity index (χ4v) is 5.52. The summed E-state index contributed by atoms with van der Waals surface area (Å²) in [6, 6.07) is 8.68. The van der Waals surface area contributed by atoms with Gasteiger partial charge in [-0.3, -0.25) is 14.6 Å². The highest BCUT2D eigenvalue weighted by Crippen LogP contribution is 2.36. The Labute approximate surface area is 214 Å². The van der Waals surface area contributed by atoms with Crippen LogP contribution >= 0.6 is 0 Å². The number of allylic oxidation sites excluding steroid dienone is 3. The van der Waals surface area contributed by atoms with Gasteiger partial charge in [0, 0.05) is 25.0 Å². The number of hydrogen-bond donors (Lipinski definition) is 0. The highest BCUT2D eigenvalue weighted by Gasteiger charge is 2.27. The van der Waals surface area contributed by atoms with E-state index in [1.165, 1.54) is 30.4 Å². The first-order valence-electron chi connectivity index (χ1n) is 13.9. The third-order valence-electron chi connectivity index (χ3n) is 7.70. The zero-order valence-corrected chi connectivity index (χ0v) is 22.4. The number of Topliss-reactive ketones (excluding diaryl/α,β-unsaturated/α-hetero) is 1. The fourth-order valence-electron chi connectivity index (χ4n) is 5.52. The molecule has 0 aliphatic heterocycles. The lowest BCUT2D eigenvalue weighted by Crippen LogP contribution is -2.16. The van der Waals surface area contributed by atoms with Crippen LogP contribution in [0.4, 0.5) is 0 Å². The summed E-state index contributed by atoms with van der Waals surface area (Å²) in [4.78, 5) is 29.0. The number of aliphatic imine (C=N–C) groups is 1. The summed E-state index contributed by atoms with van der Waals surface area (Å²) in [5.74, 6) is 2.17. The molecule has 1 saturated carbocycles. The van der Waals surface area contributed by atoms with Crippen LogP contribution in [0.1, 0.15) is 103 Å². The molecule has 1 aromatic carbocycles. The Morgan fingerprint density at radius 2 is 1.74 bits per heavy atom. The van der Waals surface area contributed by atoms with Gasteiger partial charge >= 0.3 is 0 Å². The van der Waals surface area contributed by atoms with Crippen molar-refractivity contribution in [2.24, 2.45) is 22.7 Å². The van der Waals surface area contributed by atoms with Gasteiger partial charge < -0.3 is 0 Å². The highest BCUT2D eigenvalue weighted by molar-refractivity contribution is 5.92. The van der Waals surface area contributed by atoms with Crippen LogP contribution < -0.4 is 0 Å². The Balaban J connectivity index is 1.78. The van der Waals surface area contributed by atoms with Crippen LogP contribution in [0, 0.1) is 17.8 Å². The molecule has 2 rings (SSSR count). The summed E-state index contributed by atoms with van der Waals surface area (Å²) in [6.45, 7) is 9.83. The largest absolute Gasteiger partial charge is 0.300 e. The standard InChI is InChI=1S/C32H47NO2/c1-5-9-28(11-8-13-31(34)22-19-27-17-15-26(6-2)16-18-27)29-10-7-12-30(21-20-29)32(35)23-14-25(3)24-33-4/h14-18,23-24,28-30H,4-13,19-22H2,1-3H3/b23-14+,25-24+. The summed E-state index contributed by atoms with van der Waals surface area (Å²) in [5, 5.41) is 0. The van der Waals surface area contributed by atoms with Crippen molar-refractivity contribution in [3.63, 3.8) is 0 Å². The van der Waals surface area contributed by atoms with Crippen molar-refractivity contribution < 1.29 is 9.59 Å². The second-order valence-corrected chi connectivity index (χ2v) is 10.4. The second kappa shape index (κ2) is 16.4. The fraction of sp³-hybridized carbons (Fsp3) is 0.594. The average Bonchev–Trinajstić information content (AvgIpc) is 3.12. The minimum absolute atomic E-state index is 0.149. The van der Waals surface area contributed by atoms with Crippen molar-refractivity contribution in [2.75, 3.05) is 0 Å². The first-order chi connectivity index (χ1) is 17.0. The van der Waals surface area contributed by atoms with Crippen LogP contribution in [-0.2, 0) is 22.4 Å². The van der Waals surface area contributed by atoms with Gasteiger partial charge in [0.1, 0.15) is 5.78 Å². The molecule has 192 valence electrons. The maximum absolute atomic E-state index is 12.7. The SMILES string of the molecule is C=N/C=C(C)/C=C/C(=O)C1CCCC(C(CCC)CCCC(=O)CCc2ccc(CC)cc2)CC1. The predicted octanol–water partition coefficient (Wildman–Crippen LogP) is 8.26. The van der Waals surface area contributed by atoms with E-state index in [-0.39, 0.29) is 11.7 Å². The second-order valence-electron chi connectivity index (χ2n) is 10.4. The normalized spacial score (nSPS) is 19.9. The van der Waals surface area contributed by atoms with Crippen LogP contribution in [0.2, 0.25) is 0 Å². The zero-order valence-electron chi connectivity index (χ0n) is 22.4. The van der Waals surface area contributed by atoms with E-state index in [1.807, 2.05) is 13.0 Å². The predicted molar refractivity (Wildman–Crippen MR) is 149 cm³/mol. The van der Waals surface area contributed by atoms with Gasteiger partial charge in [-0.2, -0.15) is 0 Å². The maximum Gasteiger partial charge on any atom is 0.158 e. The Morgan fingerprint density at radius 1 is 1.00 bits per heavy atom. The summed E-state index contributed by atoms with van der Waals surface area (Å²) in [7, 11) is 0. The molecule has 3 heteroatoms. The van der Waals surface area contributed by atoms with Crippen molar-refractivity contribution in [3.05, 3.63) is 59.3 Å². The molecule has 1 aliphatic carbocycles. The lowest BCUT2D eigenvalue weighted by atomic mass is 9.80. The van der Waals surface area contributed by atoms with Gasteiger partial charge in [-0.25, -0.2) is 0 Å². The molecule has 0 radical (unpaired) electrons. The minimum atomic E-state index is 0.149. The Kier molecular flexibility index (Phi) is 13.6. The molecule has 0 amide bonds. The van der Waals surface area contributed by atoms with Crippen LogP contribution in [-0.4, -0.2) is 18.3 Å². The average molecular weight is 478 g/mol. The molecular weight excluding hydrogens is 430 g/mol. The van der Waals surface area contributed by atoms with Crippen LogP contribution in [0.5, 0.6) is 0 Å². The topological polar surface area (TPSA) is 46.5 Å². The van der Waals surface area contributed by atoms with Gasteiger partial charge in [0.15, 0.2) is 5.78 Å². The molecular formula is C32H47NO2. The van der Waals surface area contributed by atoms with Crippen molar-refractivity contribution in [1.29, 1.82) is 0 Å². The number of hydrogen-bond acceptors (Lipinski definition) is 3. The number of carbonyl (C=O) groups excluding carboxylic acids is 2. The monoisotopic (exact) mass is 477 g/mol. The van der Waals surface area contributed by atoms with Crippen LogP contribution in [0.3, 0.4) is 0 Å².